The fourth-order valence-corrected chi connectivity index (χ4v) is 2.07. The number of anilines is 1. The summed E-state index contributed by atoms with van der Waals surface area (Å²) in [5, 5.41) is 0. The van der Waals surface area contributed by atoms with E-state index < -0.39 is 0 Å². The topological polar surface area (TPSA) is 51.4 Å². The van der Waals surface area contributed by atoms with E-state index in [4.69, 9.17) is 10.5 Å². The van der Waals surface area contributed by atoms with Crippen molar-refractivity contribution in [2.45, 2.75) is 26.0 Å². The Bertz CT molecular complexity index is 365. The van der Waals surface area contributed by atoms with Crippen molar-refractivity contribution in [1.29, 1.82) is 0 Å². The summed E-state index contributed by atoms with van der Waals surface area (Å²) in [6.45, 7) is 7.76. The Balaban J connectivity index is 2.02. The van der Waals surface area contributed by atoms with E-state index in [-0.39, 0.29) is 5.60 Å². The summed E-state index contributed by atoms with van der Waals surface area (Å²) in [6.07, 6.45) is 1.72. The highest BCUT2D eigenvalue weighted by Crippen LogP contribution is 2.19. The van der Waals surface area contributed by atoms with Crippen LogP contribution in [-0.4, -0.2) is 35.2 Å². The van der Waals surface area contributed by atoms with Gasteiger partial charge in [-0.05, 0) is 19.9 Å². The van der Waals surface area contributed by atoms with Gasteiger partial charge in [0.2, 0.25) is 0 Å². The second kappa shape index (κ2) is 4.39. The summed E-state index contributed by atoms with van der Waals surface area (Å²) in [5.74, 6) is 0.631. The first-order chi connectivity index (χ1) is 7.57. The standard InChI is InChI=1S/C12H19N3O/c1-12(2)9-15(6-7-16-12)8-10-4-3-5-14-11(10)13/h3-5H,6-9H2,1-2H3,(H2,13,14). The van der Waals surface area contributed by atoms with Gasteiger partial charge in [-0.15, -0.1) is 0 Å². The molecule has 0 radical (unpaired) electrons. The van der Waals surface area contributed by atoms with E-state index in [2.05, 4.69) is 23.7 Å². The molecule has 4 nitrogen and oxygen atoms in total. The maximum absolute atomic E-state index is 5.84. The number of aromatic nitrogens is 1. The number of pyridine rings is 1. The Kier molecular flexibility index (Phi) is 3.12. The Hall–Kier alpha value is -1.13. The van der Waals surface area contributed by atoms with Crippen LogP contribution >= 0.6 is 0 Å². The Morgan fingerprint density at radius 1 is 1.56 bits per heavy atom. The first-order valence-electron chi connectivity index (χ1n) is 5.62. The first-order valence-corrected chi connectivity index (χ1v) is 5.62. The molecule has 1 aromatic rings. The van der Waals surface area contributed by atoms with Gasteiger partial charge >= 0.3 is 0 Å². The molecule has 1 fully saturated rings. The molecule has 0 atom stereocenters. The summed E-state index contributed by atoms with van der Waals surface area (Å²) in [6, 6.07) is 3.96. The number of hydrogen-bond acceptors (Lipinski definition) is 4. The molecule has 2 rings (SSSR count). The molecule has 16 heavy (non-hydrogen) atoms. The van der Waals surface area contributed by atoms with Gasteiger partial charge in [0.05, 0.1) is 12.2 Å². The predicted octanol–water partition coefficient (Wildman–Crippen LogP) is 1.27. The van der Waals surface area contributed by atoms with Crippen molar-refractivity contribution in [2.24, 2.45) is 0 Å². The van der Waals surface area contributed by atoms with Crippen molar-refractivity contribution >= 4 is 5.82 Å². The number of rotatable bonds is 2. The molecule has 0 aromatic carbocycles. The molecule has 1 aromatic heterocycles. The molecule has 0 unspecified atom stereocenters. The smallest absolute Gasteiger partial charge is 0.127 e. The Morgan fingerprint density at radius 2 is 2.38 bits per heavy atom. The van der Waals surface area contributed by atoms with Crippen LogP contribution in [0, 0.1) is 0 Å². The van der Waals surface area contributed by atoms with Crippen molar-refractivity contribution in [3.8, 4) is 0 Å². The molecule has 0 bridgehead atoms. The summed E-state index contributed by atoms with van der Waals surface area (Å²) < 4.78 is 5.67. The third-order valence-electron chi connectivity index (χ3n) is 2.82. The molecule has 0 spiro atoms. The second-order valence-corrected chi connectivity index (χ2v) is 4.87. The van der Waals surface area contributed by atoms with Crippen LogP contribution in [-0.2, 0) is 11.3 Å². The molecular formula is C12H19N3O. The van der Waals surface area contributed by atoms with Crippen LogP contribution in [0.4, 0.5) is 5.82 Å². The fourth-order valence-electron chi connectivity index (χ4n) is 2.07. The number of morpholine rings is 1. The van der Waals surface area contributed by atoms with E-state index >= 15 is 0 Å². The van der Waals surface area contributed by atoms with Gasteiger partial charge in [0.25, 0.3) is 0 Å². The average molecular weight is 221 g/mol. The third kappa shape index (κ3) is 2.71. The van der Waals surface area contributed by atoms with Crippen molar-refractivity contribution < 1.29 is 4.74 Å². The summed E-state index contributed by atoms with van der Waals surface area (Å²) in [7, 11) is 0. The van der Waals surface area contributed by atoms with E-state index in [0.717, 1.165) is 31.8 Å². The lowest BCUT2D eigenvalue weighted by Gasteiger charge is -2.38. The molecule has 2 N–H and O–H groups in total. The van der Waals surface area contributed by atoms with E-state index in [0.29, 0.717) is 5.82 Å². The molecule has 1 saturated heterocycles. The Labute approximate surface area is 96.4 Å². The van der Waals surface area contributed by atoms with Crippen LogP contribution in [0.15, 0.2) is 18.3 Å². The zero-order chi connectivity index (χ0) is 11.6. The zero-order valence-electron chi connectivity index (χ0n) is 9.94. The number of nitrogens with two attached hydrogens (primary N) is 1. The van der Waals surface area contributed by atoms with Crippen LogP contribution < -0.4 is 5.73 Å². The normalized spacial score (nSPS) is 20.9. The van der Waals surface area contributed by atoms with Gasteiger partial charge < -0.3 is 10.5 Å². The molecule has 0 aliphatic carbocycles. The lowest BCUT2D eigenvalue weighted by Crippen LogP contribution is -2.47. The minimum atomic E-state index is -0.0603. The van der Waals surface area contributed by atoms with Crippen molar-refractivity contribution in [3.05, 3.63) is 23.9 Å². The average Bonchev–Trinajstić information content (AvgIpc) is 2.20. The van der Waals surface area contributed by atoms with E-state index in [1.54, 1.807) is 6.20 Å². The largest absolute Gasteiger partial charge is 0.383 e. The highest BCUT2D eigenvalue weighted by atomic mass is 16.5. The number of ether oxygens (including phenoxy) is 1. The molecule has 0 amide bonds. The van der Waals surface area contributed by atoms with E-state index in [1.807, 2.05) is 12.1 Å². The highest BCUT2D eigenvalue weighted by molar-refractivity contribution is 5.38. The maximum Gasteiger partial charge on any atom is 0.127 e. The molecule has 0 saturated carbocycles. The molecule has 1 aliphatic heterocycles. The first kappa shape index (κ1) is 11.4. The quantitative estimate of drug-likeness (QED) is 0.817. The van der Waals surface area contributed by atoms with Crippen LogP contribution in [0.3, 0.4) is 0 Å². The highest BCUT2D eigenvalue weighted by Gasteiger charge is 2.27. The summed E-state index contributed by atoms with van der Waals surface area (Å²) in [5.41, 5.74) is 6.87. The SMILES string of the molecule is CC1(C)CN(Cc2cccnc2N)CCO1. The molecule has 88 valence electrons. The number of nitrogens with zero attached hydrogens (tertiary/aromatic N) is 2. The van der Waals surface area contributed by atoms with Crippen LogP contribution in [0.25, 0.3) is 0 Å². The fraction of sp³-hybridized carbons (Fsp3) is 0.583. The second-order valence-electron chi connectivity index (χ2n) is 4.87. The summed E-state index contributed by atoms with van der Waals surface area (Å²) in [4.78, 5) is 6.46. The third-order valence-corrected chi connectivity index (χ3v) is 2.82. The van der Waals surface area contributed by atoms with E-state index in [1.165, 1.54) is 0 Å². The van der Waals surface area contributed by atoms with Crippen LogP contribution in [0.1, 0.15) is 19.4 Å². The predicted molar refractivity (Wildman–Crippen MR) is 64.0 cm³/mol. The van der Waals surface area contributed by atoms with Crippen molar-refractivity contribution in [2.75, 3.05) is 25.4 Å². The van der Waals surface area contributed by atoms with Gasteiger partial charge in [0.1, 0.15) is 5.82 Å². The van der Waals surface area contributed by atoms with Crippen molar-refractivity contribution in [1.82, 2.24) is 9.88 Å². The maximum atomic E-state index is 5.84. The zero-order valence-corrected chi connectivity index (χ0v) is 9.94. The van der Waals surface area contributed by atoms with Gasteiger partial charge in [0.15, 0.2) is 0 Å². The van der Waals surface area contributed by atoms with Gasteiger partial charge in [-0.1, -0.05) is 6.07 Å². The lowest BCUT2D eigenvalue weighted by atomic mass is 10.1. The molecule has 4 heteroatoms. The molecule has 1 aliphatic rings. The minimum absolute atomic E-state index is 0.0603. The minimum Gasteiger partial charge on any atom is -0.383 e. The van der Waals surface area contributed by atoms with Gasteiger partial charge in [-0.3, -0.25) is 4.90 Å². The van der Waals surface area contributed by atoms with Crippen molar-refractivity contribution in [3.63, 3.8) is 0 Å². The lowest BCUT2D eigenvalue weighted by molar-refractivity contribution is -0.0882. The van der Waals surface area contributed by atoms with Crippen LogP contribution in [0.5, 0.6) is 0 Å². The number of nitrogen functional groups attached to an aromatic ring is 1. The van der Waals surface area contributed by atoms with Gasteiger partial charge in [0, 0.05) is 31.4 Å². The van der Waals surface area contributed by atoms with E-state index in [9.17, 15) is 0 Å². The van der Waals surface area contributed by atoms with Gasteiger partial charge in [-0.25, -0.2) is 4.98 Å². The molecule has 2 heterocycles. The number of hydrogen-bond donors (Lipinski definition) is 1. The van der Waals surface area contributed by atoms with Crippen LogP contribution in [0.2, 0.25) is 0 Å². The summed E-state index contributed by atoms with van der Waals surface area (Å²) >= 11 is 0. The van der Waals surface area contributed by atoms with Gasteiger partial charge in [-0.2, -0.15) is 0 Å². The monoisotopic (exact) mass is 221 g/mol. The Morgan fingerprint density at radius 3 is 3.06 bits per heavy atom. The molecular weight excluding hydrogens is 202 g/mol.